The highest BCUT2D eigenvalue weighted by Crippen LogP contribution is 2.27. The van der Waals surface area contributed by atoms with Crippen LogP contribution in [0.1, 0.15) is 13.3 Å². The van der Waals surface area contributed by atoms with Crippen LogP contribution < -0.4 is 9.62 Å². The van der Waals surface area contributed by atoms with E-state index < -0.39 is 16.1 Å². The molecule has 0 radical (unpaired) electrons. The number of benzene rings is 2. The Bertz CT molecular complexity index is 870. The van der Waals surface area contributed by atoms with E-state index in [0.29, 0.717) is 22.8 Å². The Kier molecular flexibility index (Phi) is 6.97. The quantitative estimate of drug-likeness (QED) is 0.690. The molecular weight excluding hydrogens is 392 g/mol. The van der Waals surface area contributed by atoms with Crippen molar-refractivity contribution in [1.82, 2.24) is 0 Å². The van der Waals surface area contributed by atoms with Crippen LogP contribution in [0.25, 0.3) is 0 Å². The zero-order valence-electron chi connectivity index (χ0n) is 14.8. The lowest BCUT2D eigenvalue weighted by Crippen LogP contribution is -2.47. The minimum Gasteiger partial charge on any atom is -0.323 e. The second kappa shape index (κ2) is 8.79. The van der Waals surface area contributed by atoms with Crippen molar-refractivity contribution >= 4 is 50.7 Å². The summed E-state index contributed by atoms with van der Waals surface area (Å²) < 4.78 is 26.0. The number of halogens is 1. The van der Waals surface area contributed by atoms with E-state index in [0.717, 1.165) is 15.5 Å². The van der Waals surface area contributed by atoms with E-state index >= 15 is 0 Å². The number of rotatable bonds is 7. The average molecular weight is 413 g/mol. The summed E-state index contributed by atoms with van der Waals surface area (Å²) >= 11 is 7.41. The van der Waals surface area contributed by atoms with E-state index in [1.165, 1.54) is 11.8 Å². The van der Waals surface area contributed by atoms with Gasteiger partial charge in [-0.05, 0) is 49.1 Å². The van der Waals surface area contributed by atoms with Crippen LogP contribution in [-0.2, 0) is 14.8 Å². The summed E-state index contributed by atoms with van der Waals surface area (Å²) in [6, 6.07) is 12.9. The predicted molar refractivity (Wildman–Crippen MR) is 110 cm³/mol. The summed E-state index contributed by atoms with van der Waals surface area (Å²) in [5.74, 6) is -0.380. The average Bonchev–Trinajstić information content (AvgIpc) is 2.60. The fourth-order valence-electron chi connectivity index (χ4n) is 2.61. The fourth-order valence-corrected chi connectivity index (χ4v) is 4.50. The summed E-state index contributed by atoms with van der Waals surface area (Å²) in [6.45, 7) is 1.78. The number of sulfonamides is 1. The Hall–Kier alpha value is -1.70. The van der Waals surface area contributed by atoms with Gasteiger partial charge in [-0.25, -0.2) is 8.42 Å². The van der Waals surface area contributed by atoms with Crippen molar-refractivity contribution in [3.63, 3.8) is 0 Å². The third-order valence-corrected chi connectivity index (χ3v) is 6.00. The van der Waals surface area contributed by atoms with Crippen LogP contribution in [0.4, 0.5) is 11.4 Å². The predicted octanol–water partition coefficient (Wildman–Crippen LogP) is 4.25. The molecule has 0 saturated heterocycles. The first kappa shape index (κ1) is 20.6. The normalized spacial score (nSPS) is 12.5. The molecule has 1 amide bonds. The molecule has 0 fully saturated rings. The molecule has 1 atom stereocenters. The largest absolute Gasteiger partial charge is 0.323 e. The van der Waals surface area contributed by atoms with Gasteiger partial charge in [0.2, 0.25) is 15.9 Å². The second-order valence-electron chi connectivity index (χ2n) is 5.65. The third kappa shape index (κ3) is 4.93. The number of carbonyl (C=O) groups excluding carboxylic acids is 1. The Morgan fingerprint density at radius 1 is 1.19 bits per heavy atom. The van der Waals surface area contributed by atoms with Crippen LogP contribution in [0.15, 0.2) is 53.4 Å². The summed E-state index contributed by atoms with van der Waals surface area (Å²) in [7, 11) is -3.67. The van der Waals surface area contributed by atoms with Crippen molar-refractivity contribution in [2.24, 2.45) is 0 Å². The van der Waals surface area contributed by atoms with E-state index in [4.69, 9.17) is 11.6 Å². The number of nitrogens with one attached hydrogen (secondary N) is 1. The van der Waals surface area contributed by atoms with Gasteiger partial charge in [0.05, 0.1) is 17.6 Å². The van der Waals surface area contributed by atoms with E-state index in [1.54, 1.807) is 37.3 Å². The van der Waals surface area contributed by atoms with E-state index in [9.17, 15) is 13.2 Å². The van der Waals surface area contributed by atoms with Crippen molar-refractivity contribution in [3.8, 4) is 0 Å². The van der Waals surface area contributed by atoms with E-state index in [-0.39, 0.29) is 5.91 Å². The molecule has 0 aliphatic heterocycles. The minimum atomic E-state index is -3.67. The number of para-hydroxylation sites is 1. The molecule has 2 aromatic rings. The topological polar surface area (TPSA) is 66.5 Å². The molecule has 0 aliphatic rings. The maximum Gasteiger partial charge on any atom is 0.248 e. The van der Waals surface area contributed by atoms with Gasteiger partial charge >= 0.3 is 0 Å². The van der Waals surface area contributed by atoms with Gasteiger partial charge in [0.25, 0.3) is 0 Å². The minimum absolute atomic E-state index is 0.322. The van der Waals surface area contributed by atoms with Crippen LogP contribution in [-0.4, -0.2) is 32.9 Å². The van der Waals surface area contributed by atoms with Gasteiger partial charge in [-0.15, -0.1) is 11.8 Å². The van der Waals surface area contributed by atoms with E-state index in [2.05, 4.69) is 5.32 Å². The van der Waals surface area contributed by atoms with Gasteiger partial charge in [-0.1, -0.05) is 30.7 Å². The highest BCUT2D eigenvalue weighted by molar-refractivity contribution is 7.98. The molecule has 2 aromatic carbocycles. The lowest BCUT2D eigenvalue weighted by molar-refractivity contribution is -0.117. The molecule has 26 heavy (non-hydrogen) atoms. The molecule has 0 aliphatic carbocycles. The maximum absolute atomic E-state index is 12.9. The molecular formula is C18H21ClN2O3S2. The first-order valence-electron chi connectivity index (χ1n) is 7.96. The van der Waals surface area contributed by atoms with Gasteiger partial charge in [0.15, 0.2) is 0 Å². The summed E-state index contributed by atoms with van der Waals surface area (Å²) in [5.41, 5.74) is 1.06. The first-order chi connectivity index (χ1) is 12.3. The lowest BCUT2D eigenvalue weighted by atomic mass is 10.2. The van der Waals surface area contributed by atoms with Crippen LogP contribution in [0.2, 0.25) is 5.02 Å². The van der Waals surface area contributed by atoms with Gasteiger partial charge in [-0.3, -0.25) is 9.10 Å². The van der Waals surface area contributed by atoms with Crippen molar-refractivity contribution in [2.75, 3.05) is 22.1 Å². The zero-order valence-corrected chi connectivity index (χ0v) is 17.2. The Morgan fingerprint density at radius 2 is 1.81 bits per heavy atom. The smallest absolute Gasteiger partial charge is 0.248 e. The SMILES string of the molecule is CC[C@H](C(=O)Nc1ccccc1SC)N(c1ccc(Cl)cc1)S(C)(=O)=O. The molecule has 5 nitrogen and oxygen atoms in total. The Morgan fingerprint density at radius 3 is 2.35 bits per heavy atom. The molecule has 0 bridgehead atoms. The van der Waals surface area contributed by atoms with Crippen molar-refractivity contribution in [3.05, 3.63) is 53.6 Å². The molecule has 0 heterocycles. The molecule has 0 aromatic heterocycles. The highest BCUT2D eigenvalue weighted by atomic mass is 35.5. The summed E-state index contributed by atoms with van der Waals surface area (Å²) in [6.07, 6.45) is 3.33. The number of carbonyl (C=O) groups is 1. The van der Waals surface area contributed by atoms with Crippen LogP contribution in [0.5, 0.6) is 0 Å². The molecule has 0 spiro atoms. The Labute approximate surface area is 163 Å². The second-order valence-corrected chi connectivity index (χ2v) is 8.79. The van der Waals surface area contributed by atoms with Crippen LogP contribution in [0, 0.1) is 0 Å². The van der Waals surface area contributed by atoms with Gasteiger partial charge in [0, 0.05) is 9.92 Å². The summed E-state index contributed by atoms with van der Waals surface area (Å²) in [4.78, 5) is 13.8. The zero-order chi connectivity index (χ0) is 19.3. The first-order valence-corrected chi connectivity index (χ1v) is 11.4. The number of anilines is 2. The van der Waals surface area contributed by atoms with Crippen LogP contribution >= 0.6 is 23.4 Å². The number of hydrogen-bond donors (Lipinski definition) is 1. The Balaban J connectivity index is 2.38. The maximum atomic E-state index is 12.9. The molecule has 140 valence electrons. The molecule has 8 heteroatoms. The monoisotopic (exact) mass is 412 g/mol. The third-order valence-electron chi connectivity index (χ3n) is 3.78. The van der Waals surface area contributed by atoms with Gasteiger partial charge < -0.3 is 5.32 Å². The van der Waals surface area contributed by atoms with Crippen LogP contribution in [0.3, 0.4) is 0 Å². The number of thioether (sulfide) groups is 1. The lowest BCUT2D eigenvalue weighted by Gasteiger charge is -2.30. The van der Waals surface area contributed by atoms with Crippen molar-refractivity contribution in [1.29, 1.82) is 0 Å². The molecule has 0 unspecified atom stereocenters. The standard InChI is InChI=1S/C18H21ClN2O3S2/c1-4-16(18(22)20-15-7-5-6-8-17(15)25-2)21(26(3,23)24)14-11-9-13(19)10-12-14/h5-12,16H,4H2,1-3H3,(H,20,22)/t16-/m1/s1. The van der Waals surface area contributed by atoms with E-state index in [1.807, 2.05) is 24.5 Å². The fraction of sp³-hybridized carbons (Fsp3) is 0.278. The van der Waals surface area contributed by atoms with Gasteiger partial charge in [0.1, 0.15) is 6.04 Å². The van der Waals surface area contributed by atoms with Gasteiger partial charge in [-0.2, -0.15) is 0 Å². The summed E-state index contributed by atoms with van der Waals surface area (Å²) in [5, 5.41) is 3.35. The molecule has 2 rings (SSSR count). The molecule has 0 saturated carbocycles. The number of amides is 1. The van der Waals surface area contributed by atoms with Crippen molar-refractivity contribution in [2.45, 2.75) is 24.3 Å². The number of hydrogen-bond acceptors (Lipinski definition) is 4. The molecule has 1 N–H and O–H groups in total. The number of nitrogens with zero attached hydrogens (tertiary/aromatic N) is 1. The van der Waals surface area contributed by atoms with Crippen molar-refractivity contribution < 1.29 is 13.2 Å². The highest BCUT2D eigenvalue weighted by Gasteiger charge is 2.31.